The highest BCUT2D eigenvalue weighted by Crippen LogP contribution is 2.41. The first-order valence-electron chi connectivity index (χ1n) is 10.0. The van der Waals surface area contributed by atoms with Gasteiger partial charge in [0, 0.05) is 19.6 Å². The topological polar surface area (TPSA) is 41.9 Å². The van der Waals surface area contributed by atoms with Crippen LogP contribution >= 0.6 is 0 Å². The summed E-state index contributed by atoms with van der Waals surface area (Å²) in [6.45, 7) is 5.41. The predicted molar refractivity (Wildman–Crippen MR) is 107 cm³/mol. The van der Waals surface area contributed by atoms with E-state index in [-0.39, 0.29) is 11.9 Å². The Hall–Kier alpha value is -2.27. The van der Waals surface area contributed by atoms with Gasteiger partial charge in [0.25, 0.3) is 0 Å². The number of halogens is 1. The highest BCUT2D eigenvalue weighted by molar-refractivity contribution is 5.35. The second kappa shape index (κ2) is 8.00. The van der Waals surface area contributed by atoms with Crippen molar-refractivity contribution in [2.75, 3.05) is 26.7 Å². The van der Waals surface area contributed by atoms with Gasteiger partial charge in [0.05, 0.1) is 13.2 Å². The van der Waals surface area contributed by atoms with Crippen LogP contribution in [0.3, 0.4) is 0 Å². The number of rotatable bonds is 6. The summed E-state index contributed by atoms with van der Waals surface area (Å²) in [5.41, 5.74) is 1.25. The maximum atomic E-state index is 14.3. The van der Waals surface area contributed by atoms with Crippen LogP contribution in [0.5, 0.6) is 17.2 Å². The Morgan fingerprint density at radius 2 is 1.71 bits per heavy atom. The molecule has 0 radical (unpaired) electrons. The maximum Gasteiger partial charge on any atom is 0.206 e. The Morgan fingerprint density at radius 1 is 1.07 bits per heavy atom. The van der Waals surface area contributed by atoms with Crippen molar-refractivity contribution in [1.29, 1.82) is 0 Å². The summed E-state index contributed by atoms with van der Waals surface area (Å²) in [5.74, 6) is 2.08. The van der Waals surface area contributed by atoms with E-state index in [1.165, 1.54) is 12.7 Å². The number of hydrogen-bond acceptors (Lipinski definition) is 4. The van der Waals surface area contributed by atoms with Gasteiger partial charge in [-0.3, -0.25) is 0 Å². The maximum absolute atomic E-state index is 14.3. The van der Waals surface area contributed by atoms with Gasteiger partial charge in [0.1, 0.15) is 5.75 Å². The molecule has 1 aliphatic carbocycles. The van der Waals surface area contributed by atoms with Crippen LogP contribution in [0.1, 0.15) is 31.2 Å². The molecule has 1 N–H and O–H groups in total. The molecule has 4 atom stereocenters. The van der Waals surface area contributed by atoms with Gasteiger partial charge in [-0.15, -0.1) is 0 Å². The monoisotopic (exact) mass is 385 g/mol. The van der Waals surface area contributed by atoms with Gasteiger partial charge >= 0.3 is 0 Å². The number of hydrogen-bond donors (Lipinski definition) is 1. The fraction of sp³-hybridized carbons (Fsp3) is 0.478. The molecule has 150 valence electrons. The van der Waals surface area contributed by atoms with Gasteiger partial charge in [-0.25, -0.2) is 0 Å². The molecule has 4 rings (SSSR count). The van der Waals surface area contributed by atoms with E-state index >= 15 is 0 Å². The minimum Gasteiger partial charge on any atom is -0.508 e. The first-order valence-corrected chi connectivity index (χ1v) is 10.0. The van der Waals surface area contributed by atoms with Crippen LogP contribution in [0.25, 0.3) is 0 Å². The molecule has 28 heavy (non-hydrogen) atoms. The predicted octanol–water partition coefficient (Wildman–Crippen LogP) is 4.43. The van der Waals surface area contributed by atoms with Gasteiger partial charge in [0.15, 0.2) is 11.5 Å². The smallest absolute Gasteiger partial charge is 0.206 e. The lowest BCUT2D eigenvalue weighted by atomic mass is 10.0. The molecule has 0 bridgehead atoms. The SMILES string of the molecule is COc1cccc(OC2C[C@@H]3CN(CC(C)c4ccc(O)cc4)C[C@@H]3C2)c1F. The average molecular weight is 385 g/mol. The van der Waals surface area contributed by atoms with Crippen molar-refractivity contribution < 1.29 is 19.0 Å². The molecule has 2 unspecified atom stereocenters. The quantitative estimate of drug-likeness (QED) is 0.799. The minimum atomic E-state index is -0.411. The van der Waals surface area contributed by atoms with E-state index in [2.05, 4.69) is 11.8 Å². The summed E-state index contributed by atoms with van der Waals surface area (Å²) >= 11 is 0. The van der Waals surface area contributed by atoms with E-state index in [0.717, 1.165) is 32.5 Å². The lowest BCUT2D eigenvalue weighted by Crippen LogP contribution is -2.28. The van der Waals surface area contributed by atoms with Gasteiger partial charge in [0.2, 0.25) is 5.82 Å². The first kappa shape index (κ1) is 19.1. The normalized spacial score (nSPS) is 25.5. The third kappa shape index (κ3) is 3.95. The Labute approximate surface area is 165 Å². The molecular formula is C23H28FNO3. The van der Waals surface area contributed by atoms with Crippen LogP contribution in [0.2, 0.25) is 0 Å². The molecular weight excluding hydrogens is 357 g/mol. The van der Waals surface area contributed by atoms with Crippen molar-refractivity contribution >= 4 is 0 Å². The number of nitrogens with zero attached hydrogens (tertiary/aromatic N) is 1. The van der Waals surface area contributed by atoms with Crippen LogP contribution in [0, 0.1) is 17.7 Å². The Morgan fingerprint density at radius 3 is 2.36 bits per heavy atom. The zero-order valence-electron chi connectivity index (χ0n) is 16.5. The molecule has 1 heterocycles. The molecule has 0 amide bonds. The second-order valence-corrected chi connectivity index (χ2v) is 8.21. The molecule has 1 saturated heterocycles. The number of methoxy groups -OCH3 is 1. The van der Waals surface area contributed by atoms with Gasteiger partial charge in [-0.1, -0.05) is 25.1 Å². The molecule has 4 nitrogen and oxygen atoms in total. The molecule has 2 aromatic carbocycles. The molecule has 1 aliphatic heterocycles. The average Bonchev–Trinajstić information content (AvgIpc) is 3.21. The van der Waals surface area contributed by atoms with Gasteiger partial charge in [-0.05, 0) is 60.4 Å². The van der Waals surface area contributed by atoms with E-state index < -0.39 is 5.82 Å². The van der Waals surface area contributed by atoms with Crippen molar-refractivity contribution in [3.05, 3.63) is 53.8 Å². The number of phenolic OH excluding ortho intramolecular Hbond substituents is 1. The Bertz CT molecular complexity index is 796. The van der Waals surface area contributed by atoms with Crippen molar-refractivity contribution in [3.63, 3.8) is 0 Å². The van der Waals surface area contributed by atoms with Crippen molar-refractivity contribution in [3.8, 4) is 17.2 Å². The van der Waals surface area contributed by atoms with E-state index in [0.29, 0.717) is 29.3 Å². The van der Waals surface area contributed by atoms with Crippen LogP contribution in [0.4, 0.5) is 4.39 Å². The number of fused-ring (bicyclic) bond motifs is 1. The number of aromatic hydroxyl groups is 1. The Kier molecular flexibility index (Phi) is 5.44. The summed E-state index contributed by atoms with van der Waals surface area (Å²) in [4.78, 5) is 2.54. The van der Waals surface area contributed by atoms with Crippen molar-refractivity contribution in [2.24, 2.45) is 11.8 Å². The summed E-state index contributed by atoms with van der Waals surface area (Å²) < 4.78 is 25.4. The molecule has 2 aromatic rings. The second-order valence-electron chi connectivity index (χ2n) is 8.21. The minimum absolute atomic E-state index is 0.0771. The third-order valence-electron chi connectivity index (χ3n) is 6.22. The highest BCUT2D eigenvalue weighted by Gasteiger charge is 2.42. The summed E-state index contributed by atoms with van der Waals surface area (Å²) in [6.07, 6.45) is 2.03. The van der Waals surface area contributed by atoms with Gasteiger partial charge < -0.3 is 19.5 Å². The van der Waals surface area contributed by atoms with E-state index in [4.69, 9.17) is 9.47 Å². The van der Waals surface area contributed by atoms with E-state index in [1.54, 1.807) is 30.3 Å². The molecule has 5 heteroatoms. The van der Waals surface area contributed by atoms with Crippen molar-refractivity contribution in [2.45, 2.75) is 31.8 Å². The lowest BCUT2D eigenvalue weighted by Gasteiger charge is -2.23. The summed E-state index contributed by atoms with van der Waals surface area (Å²) in [5, 5.41) is 9.46. The van der Waals surface area contributed by atoms with Crippen LogP contribution < -0.4 is 9.47 Å². The molecule has 2 fully saturated rings. The largest absolute Gasteiger partial charge is 0.508 e. The van der Waals surface area contributed by atoms with Crippen LogP contribution in [-0.4, -0.2) is 42.9 Å². The molecule has 2 aliphatic rings. The molecule has 0 aromatic heterocycles. The number of benzene rings is 2. The zero-order chi connectivity index (χ0) is 19.7. The van der Waals surface area contributed by atoms with Gasteiger partial charge in [-0.2, -0.15) is 4.39 Å². The summed E-state index contributed by atoms with van der Waals surface area (Å²) in [7, 11) is 1.47. The standard InChI is InChI=1S/C23H28FNO3/c1-15(16-6-8-19(26)9-7-16)12-25-13-17-10-20(11-18(17)14-25)28-22-5-3-4-21(27-2)23(22)24/h3-9,15,17-18,20,26H,10-14H2,1-2H3/t15?,17-,18+,20?. The van der Waals surface area contributed by atoms with Crippen molar-refractivity contribution in [1.82, 2.24) is 4.90 Å². The highest BCUT2D eigenvalue weighted by atomic mass is 19.1. The molecule has 0 spiro atoms. The number of likely N-dealkylation sites (tertiary alicyclic amines) is 1. The van der Waals surface area contributed by atoms with Crippen LogP contribution in [0.15, 0.2) is 42.5 Å². The fourth-order valence-corrected chi connectivity index (χ4v) is 4.80. The van der Waals surface area contributed by atoms with E-state index in [9.17, 15) is 9.50 Å². The Balaban J connectivity index is 1.30. The lowest BCUT2D eigenvalue weighted by molar-refractivity contribution is 0.176. The van der Waals surface area contributed by atoms with Crippen LogP contribution in [-0.2, 0) is 0 Å². The third-order valence-corrected chi connectivity index (χ3v) is 6.22. The summed E-state index contributed by atoms with van der Waals surface area (Å²) in [6, 6.07) is 12.6. The number of phenols is 1. The first-order chi connectivity index (χ1) is 13.5. The molecule has 1 saturated carbocycles. The van der Waals surface area contributed by atoms with E-state index in [1.807, 2.05) is 12.1 Å². The number of ether oxygens (including phenoxy) is 2. The zero-order valence-corrected chi connectivity index (χ0v) is 16.5. The fourth-order valence-electron chi connectivity index (χ4n) is 4.80.